The number of rotatable bonds is 5. The van der Waals surface area contributed by atoms with Crippen molar-refractivity contribution in [3.63, 3.8) is 0 Å². The number of fused-ring (bicyclic) bond motifs is 1. The van der Waals surface area contributed by atoms with Gasteiger partial charge >= 0.3 is 11.6 Å². The molecule has 2 aromatic carbocycles. The molecule has 5 nitrogen and oxygen atoms in total. The summed E-state index contributed by atoms with van der Waals surface area (Å²) in [4.78, 5) is 24.5. The van der Waals surface area contributed by atoms with E-state index in [1.165, 1.54) is 20.3 Å². The SMILES string of the molecule is COC(=O)[C@@H](Cc1ccccc1Cl)c1cc(=O)oc2cc(OC)ccc12. The quantitative estimate of drug-likeness (QED) is 0.501. The normalized spacial score (nSPS) is 12.0. The summed E-state index contributed by atoms with van der Waals surface area (Å²) in [5, 5.41) is 1.20. The highest BCUT2D eigenvalue weighted by Crippen LogP contribution is 2.31. The van der Waals surface area contributed by atoms with E-state index in [2.05, 4.69) is 0 Å². The van der Waals surface area contributed by atoms with E-state index < -0.39 is 17.5 Å². The van der Waals surface area contributed by atoms with Crippen LogP contribution in [0, 0.1) is 0 Å². The number of benzene rings is 2. The average Bonchev–Trinajstić information content (AvgIpc) is 2.65. The molecule has 3 aromatic rings. The first-order valence-corrected chi connectivity index (χ1v) is 8.34. The van der Waals surface area contributed by atoms with Crippen molar-refractivity contribution in [2.45, 2.75) is 12.3 Å². The maximum absolute atomic E-state index is 12.5. The van der Waals surface area contributed by atoms with Gasteiger partial charge in [-0.1, -0.05) is 29.8 Å². The summed E-state index contributed by atoms with van der Waals surface area (Å²) in [6.45, 7) is 0. The van der Waals surface area contributed by atoms with E-state index in [-0.39, 0.29) is 0 Å². The minimum absolute atomic E-state index is 0.303. The van der Waals surface area contributed by atoms with Crippen LogP contribution in [0.15, 0.2) is 57.7 Å². The number of carbonyl (C=O) groups is 1. The highest BCUT2D eigenvalue weighted by atomic mass is 35.5. The molecular weight excluding hydrogens is 356 g/mol. The summed E-state index contributed by atoms with van der Waals surface area (Å²) in [6.07, 6.45) is 0.303. The van der Waals surface area contributed by atoms with Gasteiger partial charge in [0.1, 0.15) is 11.3 Å². The highest BCUT2D eigenvalue weighted by molar-refractivity contribution is 6.31. The van der Waals surface area contributed by atoms with Gasteiger partial charge in [-0.15, -0.1) is 0 Å². The topological polar surface area (TPSA) is 65.7 Å². The van der Waals surface area contributed by atoms with Crippen LogP contribution in [-0.4, -0.2) is 20.2 Å². The lowest BCUT2D eigenvalue weighted by atomic mass is 9.90. The summed E-state index contributed by atoms with van der Waals surface area (Å²) in [7, 11) is 2.84. The first-order valence-electron chi connectivity index (χ1n) is 7.96. The molecule has 3 rings (SSSR count). The van der Waals surface area contributed by atoms with Crippen molar-refractivity contribution in [1.29, 1.82) is 0 Å². The third-order valence-corrected chi connectivity index (χ3v) is 4.60. The molecule has 1 atom stereocenters. The Bertz CT molecular complexity index is 1010. The van der Waals surface area contributed by atoms with Gasteiger partial charge in [0.15, 0.2) is 0 Å². The Morgan fingerprint density at radius 1 is 1.15 bits per heavy atom. The minimum atomic E-state index is -0.695. The molecule has 134 valence electrons. The monoisotopic (exact) mass is 372 g/mol. The Morgan fingerprint density at radius 2 is 1.92 bits per heavy atom. The third kappa shape index (κ3) is 3.58. The Hall–Kier alpha value is -2.79. The van der Waals surface area contributed by atoms with Gasteiger partial charge in [-0.05, 0) is 35.7 Å². The van der Waals surface area contributed by atoms with Crippen molar-refractivity contribution in [3.05, 3.63) is 75.1 Å². The van der Waals surface area contributed by atoms with Crippen molar-refractivity contribution in [2.24, 2.45) is 0 Å². The molecule has 0 spiro atoms. The standard InChI is InChI=1S/C20H17ClO5/c1-24-13-7-8-14-15(11-19(22)26-18(14)10-13)16(20(23)25-2)9-12-5-3-4-6-17(12)21/h3-8,10-11,16H,9H2,1-2H3/t16-/m0/s1. The molecule has 0 aliphatic rings. The highest BCUT2D eigenvalue weighted by Gasteiger charge is 2.26. The van der Waals surface area contributed by atoms with E-state index in [1.807, 2.05) is 18.2 Å². The molecule has 1 heterocycles. The van der Waals surface area contributed by atoms with E-state index in [0.717, 1.165) is 5.56 Å². The fourth-order valence-electron chi connectivity index (χ4n) is 2.93. The minimum Gasteiger partial charge on any atom is -0.497 e. The number of methoxy groups -OCH3 is 2. The number of hydrogen-bond donors (Lipinski definition) is 0. The fraction of sp³-hybridized carbons (Fsp3) is 0.200. The smallest absolute Gasteiger partial charge is 0.336 e. The molecule has 0 saturated carbocycles. The lowest BCUT2D eigenvalue weighted by Gasteiger charge is -2.17. The predicted molar refractivity (Wildman–Crippen MR) is 98.9 cm³/mol. The van der Waals surface area contributed by atoms with Crippen molar-refractivity contribution in [3.8, 4) is 5.75 Å². The number of carbonyl (C=O) groups excluding carboxylic acids is 1. The summed E-state index contributed by atoms with van der Waals surface area (Å²) in [6, 6.07) is 13.7. The second-order valence-electron chi connectivity index (χ2n) is 5.75. The molecule has 0 aliphatic carbocycles. The first-order chi connectivity index (χ1) is 12.5. The van der Waals surface area contributed by atoms with Crippen LogP contribution in [0.5, 0.6) is 5.75 Å². The molecule has 0 unspecified atom stereocenters. The van der Waals surface area contributed by atoms with Gasteiger partial charge in [-0.2, -0.15) is 0 Å². The zero-order valence-electron chi connectivity index (χ0n) is 14.3. The molecule has 0 radical (unpaired) electrons. The van der Waals surface area contributed by atoms with E-state index in [0.29, 0.717) is 33.7 Å². The van der Waals surface area contributed by atoms with Crippen LogP contribution in [0.3, 0.4) is 0 Å². The lowest BCUT2D eigenvalue weighted by molar-refractivity contribution is -0.142. The molecule has 0 fully saturated rings. The second-order valence-corrected chi connectivity index (χ2v) is 6.16. The van der Waals surface area contributed by atoms with E-state index in [9.17, 15) is 9.59 Å². The summed E-state index contributed by atoms with van der Waals surface area (Å²) < 4.78 is 15.4. The Labute approximate surface area is 155 Å². The second kappa shape index (κ2) is 7.62. The first kappa shape index (κ1) is 18.0. The van der Waals surface area contributed by atoms with Crippen molar-refractivity contribution < 1.29 is 18.7 Å². The van der Waals surface area contributed by atoms with Crippen molar-refractivity contribution in [1.82, 2.24) is 0 Å². The lowest BCUT2D eigenvalue weighted by Crippen LogP contribution is -2.19. The number of ether oxygens (including phenoxy) is 2. The van der Waals surface area contributed by atoms with Crippen molar-refractivity contribution in [2.75, 3.05) is 14.2 Å². The van der Waals surface area contributed by atoms with Gasteiger partial charge in [0, 0.05) is 22.5 Å². The molecule has 0 saturated heterocycles. The van der Waals surface area contributed by atoms with Gasteiger partial charge in [0.2, 0.25) is 0 Å². The van der Waals surface area contributed by atoms with Gasteiger partial charge in [0.05, 0.1) is 20.1 Å². The Morgan fingerprint density at radius 3 is 2.62 bits per heavy atom. The van der Waals surface area contributed by atoms with Gasteiger partial charge in [-0.3, -0.25) is 4.79 Å². The van der Waals surface area contributed by atoms with Crippen LogP contribution in [0.2, 0.25) is 5.02 Å². The molecule has 6 heteroatoms. The third-order valence-electron chi connectivity index (χ3n) is 4.23. The van der Waals surface area contributed by atoms with Crippen LogP contribution >= 0.6 is 11.6 Å². The van der Waals surface area contributed by atoms with Crippen LogP contribution < -0.4 is 10.4 Å². The summed E-state index contributed by atoms with van der Waals surface area (Å²) >= 11 is 6.24. The van der Waals surface area contributed by atoms with Gasteiger partial charge in [-0.25, -0.2) is 4.79 Å². The predicted octanol–water partition coefficient (Wildman–Crippen LogP) is 3.95. The number of halogens is 1. The molecule has 26 heavy (non-hydrogen) atoms. The molecule has 1 aromatic heterocycles. The molecule has 0 amide bonds. The van der Waals surface area contributed by atoms with Crippen LogP contribution in [0.4, 0.5) is 0 Å². The fourth-order valence-corrected chi connectivity index (χ4v) is 3.14. The van der Waals surface area contributed by atoms with Crippen LogP contribution in [0.25, 0.3) is 11.0 Å². The van der Waals surface area contributed by atoms with Crippen LogP contribution in [-0.2, 0) is 16.0 Å². The maximum Gasteiger partial charge on any atom is 0.336 e. The zero-order valence-corrected chi connectivity index (χ0v) is 15.1. The molecular formula is C20H17ClO5. The Kier molecular flexibility index (Phi) is 5.28. The molecule has 0 aliphatic heterocycles. The summed E-state index contributed by atoms with van der Waals surface area (Å²) in [5.41, 5.74) is 1.12. The van der Waals surface area contributed by atoms with Crippen LogP contribution in [0.1, 0.15) is 17.0 Å². The van der Waals surface area contributed by atoms with Gasteiger partial charge in [0.25, 0.3) is 0 Å². The van der Waals surface area contributed by atoms with Gasteiger partial charge < -0.3 is 13.9 Å². The Balaban J connectivity index is 2.16. The maximum atomic E-state index is 12.5. The van der Waals surface area contributed by atoms with E-state index >= 15 is 0 Å². The largest absolute Gasteiger partial charge is 0.497 e. The zero-order chi connectivity index (χ0) is 18.7. The molecule has 0 N–H and O–H groups in total. The number of hydrogen-bond acceptors (Lipinski definition) is 5. The average molecular weight is 373 g/mol. The number of esters is 1. The van der Waals surface area contributed by atoms with E-state index in [1.54, 1.807) is 24.3 Å². The summed E-state index contributed by atoms with van der Waals surface area (Å²) in [5.74, 6) is -0.592. The van der Waals surface area contributed by atoms with Crippen molar-refractivity contribution >= 4 is 28.5 Å². The molecule has 0 bridgehead atoms. The van der Waals surface area contributed by atoms with E-state index in [4.69, 9.17) is 25.5 Å².